The normalized spacial score (nSPS) is 16.2. The number of hydrogen-bond donors (Lipinski definition) is 0. The van der Waals surface area contributed by atoms with Crippen LogP contribution < -0.4 is 0 Å². The lowest BCUT2D eigenvalue weighted by molar-refractivity contribution is 0.104. The van der Waals surface area contributed by atoms with Crippen molar-refractivity contribution >= 4 is 17.4 Å². The highest BCUT2D eigenvalue weighted by Crippen LogP contribution is 2.44. The predicted octanol–water partition coefficient (Wildman–Crippen LogP) is 5.38. The Morgan fingerprint density at radius 3 is 2.21 bits per heavy atom. The summed E-state index contributed by atoms with van der Waals surface area (Å²) in [5.74, 6) is 0.193. The summed E-state index contributed by atoms with van der Waals surface area (Å²) in [7, 11) is 0. The topological polar surface area (TPSA) is 17.1 Å². The van der Waals surface area contributed by atoms with Gasteiger partial charge < -0.3 is 0 Å². The first-order valence-electron chi connectivity index (χ1n) is 8.39. The lowest BCUT2D eigenvalue weighted by Gasteiger charge is -2.07. The molecule has 0 aliphatic heterocycles. The van der Waals surface area contributed by atoms with Crippen molar-refractivity contribution in [2.24, 2.45) is 0 Å². The molecule has 0 atom stereocenters. The Hall–Kier alpha value is -2.93. The molecule has 3 aromatic carbocycles. The van der Waals surface area contributed by atoms with Gasteiger partial charge in [-0.2, -0.15) is 0 Å². The maximum atomic E-state index is 12.9. The molecule has 0 N–H and O–H groups in total. The Morgan fingerprint density at radius 1 is 0.667 bits per heavy atom. The van der Waals surface area contributed by atoms with Gasteiger partial charge in [0.05, 0.1) is 0 Å². The molecule has 0 aromatic heterocycles. The molecular formula is C23H16O. The number of carbonyl (C=O) groups excluding carboxylic acids is 1. The Morgan fingerprint density at radius 2 is 1.38 bits per heavy atom. The fourth-order valence-corrected chi connectivity index (χ4v) is 4.04. The van der Waals surface area contributed by atoms with E-state index in [1.165, 1.54) is 22.3 Å². The molecule has 2 aliphatic carbocycles. The average Bonchev–Trinajstić information content (AvgIpc) is 3.16. The molecule has 114 valence electrons. The number of carbonyl (C=O) groups is 1. The second kappa shape index (κ2) is 5.04. The molecule has 3 aromatic rings. The first-order valence-corrected chi connectivity index (χ1v) is 8.39. The van der Waals surface area contributed by atoms with Gasteiger partial charge >= 0.3 is 0 Å². The monoisotopic (exact) mass is 308 g/mol. The summed E-state index contributed by atoms with van der Waals surface area (Å²) < 4.78 is 0. The summed E-state index contributed by atoms with van der Waals surface area (Å²) in [5, 5.41) is 0. The summed E-state index contributed by atoms with van der Waals surface area (Å²) in [6.45, 7) is 0. The second-order valence-corrected chi connectivity index (χ2v) is 6.47. The Labute approximate surface area is 141 Å². The van der Waals surface area contributed by atoms with Crippen LogP contribution in [-0.4, -0.2) is 5.78 Å². The van der Waals surface area contributed by atoms with Gasteiger partial charge in [-0.15, -0.1) is 0 Å². The van der Waals surface area contributed by atoms with E-state index in [4.69, 9.17) is 0 Å². The average molecular weight is 308 g/mol. The summed E-state index contributed by atoms with van der Waals surface area (Å²) in [6, 6.07) is 22.7. The molecule has 0 heterocycles. The molecule has 1 nitrogen and oxygen atoms in total. The predicted molar refractivity (Wildman–Crippen MR) is 97.9 cm³/mol. The van der Waals surface area contributed by atoms with Gasteiger partial charge in [0.25, 0.3) is 0 Å². The van der Waals surface area contributed by atoms with E-state index in [9.17, 15) is 4.79 Å². The Kier molecular flexibility index (Phi) is 2.83. The SMILES string of the molecule is O=C1c2ccccc2-c2ccc3c(c21)CC/C3=C\c1ccccc1. The zero-order chi connectivity index (χ0) is 16.1. The minimum absolute atomic E-state index is 0.193. The molecule has 0 unspecified atom stereocenters. The van der Waals surface area contributed by atoms with Gasteiger partial charge in [-0.3, -0.25) is 4.79 Å². The van der Waals surface area contributed by atoms with E-state index in [0.29, 0.717) is 0 Å². The zero-order valence-electron chi connectivity index (χ0n) is 13.3. The van der Waals surface area contributed by atoms with Gasteiger partial charge in [0.2, 0.25) is 0 Å². The van der Waals surface area contributed by atoms with Crippen LogP contribution in [0.5, 0.6) is 0 Å². The maximum Gasteiger partial charge on any atom is 0.194 e. The van der Waals surface area contributed by atoms with Crippen molar-refractivity contribution in [3.63, 3.8) is 0 Å². The van der Waals surface area contributed by atoms with Crippen LogP contribution in [0.15, 0.2) is 66.7 Å². The van der Waals surface area contributed by atoms with Crippen molar-refractivity contribution in [1.82, 2.24) is 0 Å². The molecule has 0 spiro atoms. The second-order valence-electron chi connectivity index (χ2n) is 6.47. The third kappa shape index (κ3) is 1.85. The standard InChI is InChI=1S/C23H16O/c24-23-21-9-5-4-8-18(21)20-13-12-17-16(10-11-19(17)22(20)23)14-15-6-2-1-3-7-15/h1-9,12-14H,10-11H2/b16-14+. The van der Waals surface area contributed by atoms with E-state index in [2.05, 4.69) is 48.5 Å². The van der Waals surface area contributed by atoms with E-state index in [-0.39, 0.29) is 5.78 Å². The van der Waals surface area contributed by atoms with Crippen LogP contribution in [0.4, 0.5) is 0 Å². The van der Waals surface area contributed by atoms with Crippen LogP contribution in [0.2, 0.25) is 0 Å². The highest BCUT2D eigenvalue weighted by Gasteiger charge is 2.32. The molecule has 0 radical (unpaired) electrons. The summed E-state index contributed by atoms with van der Waals surface area (Å²) >= 11 is 0. The molecule has 2 aliphatic rings. The lowest BCUT2D eigenvalue weighted by Crippen LogP contribution is -2.00. The smallest absolute Gasteiger partial charge is 0.194 e. The van der Waals surface area contributed by atoms with Crippen molar-refractivity contribution in [3.05, 3.63) is 94.5 Å². The van der Waals surface area contributed by atoms with Crippen LogP contribution in [0.25, 0.3) is 22.8 Å². The van der Waals surface area contributed by atoms with Crippen molar-refractivity contribution < 1.29 is 4.79 Å². The molecule has 0 saturated carbocycles. The Bertz CT molecular complexity index is 1010. The number of fused-ring (bicyclic) bond motifs is 5. The molecule has 0 amide bonds. The number of ketones is 1. The van der Waals surface area contributed by atoms with E-state index in [1.807, 2.05) is 24.3 Å². The minimum Gasteiger partial charge on any atom is -0.289 e. The third-order valence-electron chi connectivity index (χ3n) is 5.13. The number of allylic oxidation sites excluding steroid dienone is 1. The quantitative estimate of drug-likeness (QED) is 0.461. The molecule has 24 heavy (non-hydrogen) atoms. The minimum atomic E-state index is 0.193. The number of hydrogen-bond acceptors (Lipinski definition) is 1. The highest BCUT2D eigenvalue weighted by atomic mass is 16.1. The van der Waals surface area contributed by atoms with Crippen molar-refractivity contribution in [2.75, 3.05) is 0 Å². The summed E-state index contributed by atoms with van der Waals surface area (Å²) in [4.78, 5) is 12.9. The summed E-state index contributed by atoms with van der Waals surface area (Å²) in [5.41, 5.74) is 9.01. The first-order chi connectivity index (χ1) is 11.8. The number of benzene rings is 3. The van der Waals surface area contributed by atoms with Crippen molar-refractivity contribution in [1.29, 1.82) is 0 Å². The van der Waals surface area contributed by atoms with Crippen LogP contribution in [0, 0.1) is 0 Å². The molecule has 0 fully saturated rings. The third-order valence-corrected chi connectivity index (χ3v) is 5.13. The summed E-state index contributed by atoms with van der Waals surface area (Å²) in [6.07, 6.45) is 4.21. The van der Waals surface area contributed by atoms with Gasteiger partial charge in [-0.1, -0.05) is 72.8 Å². The van der Waals surface area contributed by atoms with E-state index < -0.39 is 0 Å². The molecule has 5 rings (SSSR count). The molecule has 1 heteroatoms. The lowest BCUT2D eigenvalue weighted by atomic mass is 9.96. The van der Waals surface area contributed by atoms with E-state index in [1.54, 1.807) is 0 Å². The fraction of sp³-hybridized carbons (Fsp3) is 0.0870. The first kappa shape index (κ1) is 13.5. The zero-order valence-corrected chi connectivity index (χ0v) is 13.3. The van der Waals surface area contributed by atoms with Crippen LogP contribution in [-0.2, 0) is 6.42 Å². The molecule has 0 bridgehead atoms. The van der Waals surface area contributed by atoms with E-state index >= 15 is 0 Å². The van der Waals surface area contributed by atoms with Gasteiger partial charge in [0, 0.05) is 11.1 Å². The number of rotatable bonds is 1. The van der Waals surface area contributed by atoms with Gasteiger partial charge in [0.15, 0.2) is 5.78 Å². The van der Waals surface area contributed by atoms with Crippen molar-refractivity contribution in [2.45, 2.75) is 12.8 Å². The van der Waals surface area contributed by atoms with Gasteiger partial charge in [0.1, 0.15) is 0 Å². The largest absolute Gasteiger partial charge is 0.289 e. The molecular weight excluding hydrogens is 292 g/mol. The van der Waals surface area contributed by atoms with Gasteiger partial charge in [-0.25, -0.2) is 0 Å². The fourth-order valence-electron chi connectivity index (χ4n) is 4.04. The maximum absolute atomic E-state index is 12.9. The van der Waals surface area contributed by atoms with Crippen molar-refractivity contribution in [3.8, 4) is 11.1 Å². The highest BCUT2D eigenvalue weighted by molar-refractivity contribution is 6.23. The van der Waals surface area contributed by atoms with Crippen LogP contribution >= 0.6 is 0 Å². The Balaban J connectivity index is 1.67. The van der Waals surface area contributed by atoms with Crippen LogP contribution in [0.3, 0.4) is 0 Å². The molecule has 0 saturated heterocycles. The van der Waals surface area contributed by atoms with Crippen LogP contribution in [0.1, 0.15) is 39.0 Å². The van der Waals surface area contributed by atoms with E-state index in [0.717, 1.165) is 35.1 Å². The van der Waals surface area contributed by atoms with Gasteiger partial charge in [-0.05, 0) is 46.2 Å².